The average molecular weight is 389 g/mol. The second kappa shape index (κ2) is 7.84. The maximum atomic E-state index is 13.6. The number of rotatable bonds is 3. The van der Waals surface area contributed by atoms with E-state index in [0.29, 0.717) is 16.8 Å². The van der Waals surface area contributed by atoms with E-state index >= 15 is 0 Å². The first-order valence-electron chi connectivity index (χ1n) is 10.2. The first-order valence-corrected chi connectivity index (χ1v) is 10.2. The molecule has 0 radical (unpaired) electrons. The van der Waals surface area contributed by atoms with Crippen molar-refractivity contribution in [3.05, 3.63) is 70.9 Å². The van der Waals surface area contributed by atoms with E-state index in [1.54, 1.807) is 0 Å². The van der Waals surface area contributed by atoms with E-state index in [0.717, 1.165) is 49.4 Å². The van der Waals surface area contributed by atoms with Crippen molar-refractivity contribution in [3.8, 4) is 0 Å². The molecule has 2 aromatic rings. The minimum absolute atomic E-state index is 0.246. The van der Waals surface area contributed by atoms with Gasteiger partial charge in [0.1, 0.15) is 0 Å². The zero-order valence-electron chi connectivity index (χ0n) is 17.3. The highest BCUT2D eigenvalue weighted by Gasteiger charge is 2.37. The van der Waals surface area contributed by atoms with E-state index in [2.05, 4.69) is 16.7 Å². The molecule has 5 heteroatoms. The standard InChI is InChI=1S/C24H27N3O2/c1-4-25-12-14-26(15-13-25)16-21-19-10-5-6-11-20(19)23(28)27(24(21)29)22-17(2)8-7-9-18(22)3/h5-11,16H,4,12-15H2,1-3H3/b21-16-. The van der Waals surface area contributed by atoms with Gasteiger partial charge in [-0.05, 0) is 37.6 Å². The molecule has 150 valence electrons. The van der Waals surface area contributed by atoms with Crippen molar-refractivity contribution in [1.82, 2.24) is 9.80 Å². The Hall–Kier alpha value is -2.92. The first-order chi connectivity index (χ1) is 14.0. The number of carbonyl (C=O) groups is 2. The number of carbonyl (C=O) groups excluding carboxylic acids is 2. The molecule has 0 bridgehead atoms. The number of aryl methyl sites for hydroxylation is 2. The van der Waals surface area contributed by atoms with Crippen LogP contribution in [0, 0.1) is 13.8 Å². The highest BCUT2D eigenvalue weighted by Crippen LogP contribution is 2.35. The Balaban J connectivity index is 1.79. The summed E-state index contributed by atoms with van der Waals surface area (Å²) in [5.74, 6) is -0.500. The Morgan fingerprint density at radius 2 is 1.45 bits per heavy atom. The number of likely N-dealkylation sites (N-methyl/N-ethyl adjacent to an activating group) is 1. The largest absolute Gasteiger partial charge is 0.374 e. The zero-order valence-corrected chi connectivity index (χ0v) is 17.3. The second-order valence-electron chi connectivity index (χ2n) is 7.74. The molecule has 1 fully saturated rings. The quantitative estimate of drug-likeness (QED) is 0.596. The number of piperazine rings is 1. The summed E-state index contributed by atoms with van der Waals surface area (Å²) >= 11 is 0. The highest BCUT2D eigenvalue weighted by atomic mass is 16.2. The van der Waals surface area contributed by atoms with Crippen molar-refractivity contribution >= 4 is 23.1 Å². The Kier molecular flexibility index (Phi) is 5.24. The summed E-state index contributed by atoms with van der Waals surface area (Å²) in [5.41, 5.74) is 4.42. The van der Waals surface area contributed by atoms with E-state index in [4.69, 9.17) is 0 Å². The lowest BCUT2D eigenvalue weighted by Crippen LogP contribution is -2.46. The molecule has 0 aliphatic carbocycles. The van der Waals surface area contributed by atoms with Gasteiger partial charge in [-0.25, -0.2) is 4.90 Å². The molecule has 0 atom stereocenters. The fourth-order valence-electron chi connectivity index (χ4n) is 4.23. The number of fused-ring (bicyclic) bond motifs is 1. The van der Waals surface area contributed by atoms with Gasteiger partial charge < -0.3 is 9.80 Å². The van der Waals surface area contributed by atoms with Crippen LogP contribution in [0.15, 0.2) is 48.7 Å². The van der Waals surface area contributed by atoms with Gasteiger partial charge in [0.2, 0.25) is 0 Å². The minimum Gasteiger partial charge on any atom is -0.374 e. The number of hydrogen-bond donors (Lipinski definition) is 0. The van der Waals surface area contributed by atoms with E-state index in [1.807, 2.05) is 62.5 Å². The highest BCUT2D eigenvalue weighted by molar-refractivity contribution is 6.41. The van der Waals surface area contributed by atoms with E-state index < -0.39 is 0 Å². The van der Waals surface area contributed by atoms with Crippen LogP contribution >= 0.6 is 0 Å². The molecule has 4 rings (SSSR count). The van der Waals surface area contributed by atoms with Gasteiger partial charge in [0.15, 0.2) is 0 Å². The third-order valence-corrected chi connectivity index (χ3v) is 5.91. The molecule has 2 aliphatic heterocycles. The van der Waals surface area contributed by atoms with Gasteiger partial charge >= 0.3 is 0 Å². The van der Waals surface area contributed by atoms with Gasteiger partial charge in [-0.3, -0.25) is 9.59 Å². The molecule has 2 heterocycles. The van der Waals surface area contributed by atoms with Crippen LogP contribution in [0.1, 0.15) is 34.0 Å². The normalized spacial score (nSPS) is 19.1. The molecule has 2 amide bonds. The minimum atomic E-state index is -0.254. The Labute approximate surface area is 172 Å². The third-order valence-electron chi connectivity index (χ3n) is 5.91. The van der Waals surface area contributed by atoms with Crippen molar-refractivity contribution in [3.63, 3.8) is 0 Å². The van der Waals surface area contributed by atoms with Crippen molar-refractivity contribution in [2.75, 3.05) is 37.6 Å². The zero-order chi connectivity index (χ0) is 20.5. The average Bonchev–Trinajstić information content (AvgIpc) is 2.73. The van der Waals surface area contributed by atoms with E-state index in [1.165, 1.54) is 4.90 Å². The lowest BCUT2D eigenvalue weighted by molar-refractivity contribution is -0.112. The molecule has 2 aliphatic rings. The number of imide groups is 1. The maximum absolute atomic E-state index is 13.6. The topological polar surface area (TPSA) is 43.9 Å². The van der Waals surface area contributed by atoms with Crippen LogP contribution in [0.3, 0.4) is 0 Å². The van der Waals surface area contributed by atoms with Gasteiger partial charge in [0.25, 0.3) is 11.8 Å². The van der Waals surface area contributed by atoms with Crippen LogP contribution in [0.2, 0.25) is 0 Å². The molecule has 0 N–H and O–H groups in total. The van der Waals surface area contributed by atoms with Crippen molar-refractivity contribution in [2.24, 2.45) is 0 Å². The number of nitrogens with zero attached hydrogens (tertiary/aromatic N) is 3. The van der Waals surface area contributed by atoms with E-state index in [9.17, 15) is 9.59 Å². The van der Waals surface area contributed by atoms with Crippen LogP contribution in [0.5, 0.6) is 0 Å². The van der Waals surface area contributed by atoms with E-state index in [-0.39, 0.29) is 11.8 Å². The molecule has 5 nitrogen and oxygen atoms in total. The Morgan fingerprint density at radius 3 is 2.07 bits per heavy atom. The summed E-state index contributed by atoms with van der Waals surface area (Å²) in [6, 6.07) is 13.3. The lowest BCUT2D eigenvalue weighted by atomic mass is 9.92. The van der Waals surface area contributed by atoms with Gasteiger partial charge in [0.05, 0.1) is 11.3 Å². The van der Waals surface area contributed by atoms with Crippen molar-refractivity contribution < 1.29 is 9.59 Å². The van der Waals surface area contributed by atoms with Crippen LogP contribution in [-0.4, -0.2) is 54.3 Å². The molecule has 0 aromatic heterocycles. The van der Waals surface area contributed by atoms with Crippen LogP contribution in [0.4, 0.5) is 5.69 Å². The van der Waals surface area contributed by atoms with Crippen LogP contribution in [-0.2, 0) is 4.79 Å². The van der Waals surface area contributed by atoms with Gasteiger partial charge in [-0.15, -0.1) is 0 Å². The Bertz CT molecular complexity index is 967. The number of benzene rings is 2. The number of hydrogen-bond acceptors (Lipinski definition) is 4. The molecular formula is C24H27N3O2. The predicted molar refractivity (Wildman–Crippen MR) is 116 cm³/mol. The fourth-order valence-corrected chi connectivity index (χ4v) is 4.23. The number of anilines is 1. The molecule has 0 saturated carbocycles. The summed E-state index contributed by atoms with van der Waals surface area (Å²) in [4.78, 5) is 32.9. The van der Waals surface area contributed by atoms with Crippen LogP contribution in [0.25, 0.3) is 5.57 Å². The number of para-hydroxylation sites is 1. The van der Waals surface area contributed by atoms with Crippen molar-refractivity contribution in [2.45, 2.75) is 20.8 Å². The summed E-state index contributed by atoms with van der Waals surface area (Å²) in [6.45, 7) is 10.8. The molecular weight excluding hydrogens is 362 g/mol. The maximum Gasteiger partial charge on any atom is 0.267 e. The number of amides is 2. The molecule has 1 saturated heterocycles. The summed E-state index contributed by atoms with van der Waals surface area (Å²) in [6.07, 6.45) is 1.96. The Morgan fingerprint density at radius 1 is 0.828 bits per heavy atom. The van der Waals surface area contributed by atoms with Gasteiger partial charge in [0, 0.05) is 43.5 Å². The molecule has 0 unspecified atom stereocenters. The summed E-state index contributed by atoms with van der Waals surface area (Å²) in [7, 11) is 0. The van der Waals surface area contributed by atoms with Gasteiger partial charge in [-0.1, -0.05) is 43.3 Å². The van der Waals surface area contributed by atoms with Gasteiger partial charge in [-0.2, -0.15) is 0 Å². The second-order valence-corrected chi connectivity index (χ2v) is 7.74. The molecule has 29 heavy (non-hydrogen) atoms. The summed E-state index contributed by atoms with van der Waals surface area (Å²) in [5, 5.41) is 0. The molecule has 0 spiro atoms. The SMILES string of the molecule is CCN1CCN(/C=C2\C(=O)N(c3c(C)cccc3C)C(=O)c3ccccc32)CC1. The third kappa shape index (κ3) is 3.47. The lowest BCUT2D eigenvalue weighted by Gasteiger charge is -2.35. The first kappa shape index (κ1) is 19.4. The fraction of sp³-hybridized carbons (Fsp3) is 0.333. The van der Waals surface area contributed by atoms with Crippen molar-refractivity contribution in [1.29, 1.82) is 0 Å². The summed E-state index contributed by atoms with van der Waals surface area (Å²) < 4.78 is 0. The molecule has 2 aromatic carbocycles. The monoisotopic (exact) mass is 389 g/mol. The predicted octanol–water partition coefficient (Wildman–Crippen LogP) is 3.47. The van der Waals surface area contributed by atoms with Crippen LogP contribution < -0.4 is 4.90 Å². The smallest absolute Gasteiger partial charge is 0.267 e.